The van der Waals surface area contributed by atoms with Crippen LogP contribution in [0.5, 0.6) is 0 Å². The normalized spacial score (nSPS) is 12.0. The number of nitrogens with zero attached hydrogens (tertiary/aromatic N) is 1. The Labute approximate surface area is 118 Å². The van der Waals surface area contributed by atoms with Crippen molar-refractivity contribution in [3.63, 3.8) is 0 Å². The summed E-state index contributed by atoms with van der Waals surface area (Å²) in [6.07, 6.45) is 0. The summed E-state index contributed by atoms with van der Waals surface area (Å²) >= 11 is 3.21. The fourth-order valence-corrected chi connectivity index (χ4v) is 1.98. The summed E-state index contributed by atoms with van der Waals surface area (Å²) in [5.41, 5.74) is 0.311. The smallest absolute Gasteiger partial charge is 0.330 e. The molecule has 0 aliphatic rings. The molecule has 0 spiro atoms. The molecule has 1 amide bonds. The van der Waals surface area contributed by atoms with Gasteiger partial charge in [0.25, 0.3) is 5.91 Å². The van der Waals surface area contributed by atoms with E-state index in [-0.39, 0.29) is 6.54 Å². The number of nitrogens with one attached hydrogen (secondary N) is 1. The van der Waals surface area contributed by atoms with E-state index < -0.39 is 23.7 Å². The summed E-state index contributed by atoms with van der Waals surface area (Å²) in [5, 5.41) is 11.3. The Morgan fingerprint density at radius 3 is 2.68 bits per heavy atom. The predicted molar refractivity (Wildman–Crippen MR) is 71.1 cm³/mol. The highest BCUT2D eigenvalue weighted by molar-refractivity contribution is 9.10. The minimum Gasteiger partial charge on any atom is -0.480 e. The number of hydrogen-bond donors (Lipinski definition) is 2. The lowest BCUT2D eigenvalue weighted by molar-refractivity contribution is -0.147. The summed E-state index contributed by atoms with van der Waals surface area (Å²) in [5.74, 6) is -2.34. The molecule has 0 heterocycles. The van der Waals surface area contributed by atoms with Crippen molar-refractivity contribution in [3.8, 4) is 0 Å². The number of carbonyl (C=O) groups excluding carboxylic acids is 1. The maximum Gasteiger partial charge on any atom is 0.330 e. The van der Waals surface area contributed by atoms with Crippen LogP contribution in [0, 0.1) is 5.82 Å². The molecule has 19 heavy (non-hydrogen) atoms. The molecule has 0 bridgehead atoms. The fourth-order valence-electron chi connectivity index (χ4n) is 1.57. The number of halogens is 2. The van der Waals surface area contributed by atoms with Crippen LogP contribution in [0.2, 0.25) is 0 Å². The van der Waals surface area contributed by atoms with Gasteiger partial charge in [-0.1, -0.05) is 15.9 Å². The molecule has 1 unspecified atom stereocenters. The van der Waals surface area contributed by atoms with Crippen LogP contribution in [-0.2, 0) is 16.1 Å². The Balaban J connectivity index is 2.84. The number of carboxylic acids is 1. The van der Waals surface area contributed by atoms with Gasteiger partial charge in [0.15, 0.2) is 6.04 Å². The number of aliphatic carboxylic acids is 1. The first kappa shape index (κ1) is 15.6. The van der Waals surface area contributed by atoms with Crippen LogP contribution in [0.15, 0.2) is 22.7 Å². The predicted octanol–water partition coefficient (Wildman–Crippen LogP) is 1.22. The molecule has 0 radical (unpaired) electrons. The van der Waals surface area contributed by atoms with E-state index in [9.17, 15) is 14.0 Å². The summed E-state index contributed by atoms with van der Waals surface area (Å²) in [4.78, 5) is 23.9. The van der Waals surface area contributed by atoms with Crippen molar-refractivity contribution < 1.29 is 19.1 Å². The molecule has 0 aliphatic heterocycles. The van der Waals surface area contributed by atoms with Gasteiger partial charge >= 0.3 is 5.97 Å². The Morgan fingerprint density at radius 2 is 2.16 bits per heavy atom. The van der Waals surface area contributed by atoms with Crippen molar-refractivity contribution in [1.29, 1.82) is 0 Å². The maximum atomic E-state index is 13.5. The summed E-state index contributed by atoms with van der Waals surface area (Å²) in [6, 6.07) is 3.05. The van der Waals surface area contributed by atoms with Gasteiger partial charge in [0.1, 0.15) is 5.82 Å². The minimum absolute atomic E-state index is 0.00440. The molecule has 0 fully saturated rings. The van der Waals surface area contributed by atoms with Crippen LogP contribution in [0.1, 0.15) is 5.56 Å². The van der Waals surface area contributed by atoms with Gasteiger partial charge in [-0.3, -0.25) is 10.1 Å². The van der Waals surface area contributed by atoms with Gasteiger partial charge in [0.2, 0.25) is 0 Å². The van der Waals surface area contributed by atoms with Crippen LogP contribution in [0.4, 0.5) is 4.39 Å². The molecule has 0 saturated carbocycles. The highest BCUT2D eigenvalue weighted by Gasteiger charge is 2.27. The largest absolute Gasteiger partial charge is 0.480 e. The lowest BCUT2D eigenvalue weighted by Gasteiger charge is -2.21. The van der Waals surface area contributed by atoms with E-state index in [0.29, 0.717) is 10.0 Å². The molecule has 1 rings (SSSR count). The number of hydrogen-bond acceptors (Lipinski definition) is 3. The average Bonchev–Trinajstić information content (AvgIpc) is 2.34. The van der Waals surface area contributed by atoms with Crippen LogP contribution < -0.4 is 5.32 Å². The van der Waals surface area contributed by atoms with E-state index in [2.05, 4.69) is 21.2 Å². The molecule has 7 heteroatoms. The zero-order valence-electron chi connectivity index (χ0n) is 10.5. The summed E-state index contributed by atoms with van der Waals surface area (Å²) in [6.45, 7) is -0.00440. The van der Waals surface area contributed by atoms with E-state index in [4.69, 9.17) is 5.11 Å². The van der Waals surface area contributed by atoms with Crippen molar-refractivity contribution in [1.82, 2.24) is 10.2 Å². The first-order valence-corrected chi connectivity index (χ1v) is 6.25. The Hall–Kier alpha value is -1.47. The van der Waals surface area contributed by atoms with Crippen LogP contribution in [-0.4, -0.2) is 42.0 Å². The van der Waals surface area contributed by atoms with Crippen molar-refractivity contribution in [2.45, 2.75) is 12.6 Å². The van der Waals surface area contributed by atoms with Gasteiger partial charge in [-0.15, -0.1) is 0 Å². The van der Waals surface area contributed by atoms with Gasteiger partial charge < -0.3 is 10.0 Å². The van der Waals surface area contributed by atoms with Gasteiger partial charge in [-0.25, -0.2) is 9.18 Å². The number of benzene rings is 1. The van der Waals surface area contributed by atoms with Crippen molar-refractivity contribution in [2.24, 2.45) is 0 Å². The van der Waals surface area contributed by atoms with E-state index in [1.165, 1.54) is 25.1 Å². The number of carbonyl (C=O) groups is 2. The van der Waals surface area contributed by atoms with Gasteiger partial charge in [-0.2, -0.15) is 0 Å². The molecule has 0 aromatic heterocycles. The van der Waals surface area contributed by atoms with Gasteiger partial charge in [0.05, 0.1) is 0 Å². The van der Waals surface area contributed by atoms with Crippen LogP contribution in [0.25, 0.3) is 0 Å². The first-order chi connectivity index (χ1) is 8.86. The number of likely N-dealkylation sites (N-methyl/N-ethyl adjacent to an activating group) is 2. The second-order valence-corrected chi connectivity index (χ2v) is 4.91. The number of rotatable bonds is 5. The monoisotopic (exact) mass is 332 g/mol. The van der Waals surface area contributed by atoms with Crippen molar-refractivity contribution >= 4 is 27.8 Å². The maximum absolute atomic E-state index is 13.5. The van der Waals surface area contributed by atoms with Gasteiger partial charge in [0, 0.05) is 23.6 Å². The highest BCUT2D eigenvalue weighted by Crippen LogP contribution is 2.17. The van der Waals surface area contributed by atoms with Crippen LogP contribution >= 0.6 is 15.9 Å². The molecule has 0 aliphatic carbocycles. The molecule has 2 N–H and O–H groups in total. The lowest BCUT2D eigenvalue weighted by Crippen LogP contribution is -2.48. The molecule has 0 saturated heterocycles. The quantitative estimate of drug-likeness (QED) is 0.795. The molecule has 104 valence electrons. The van der Waals surface area contributed by atoms with E-state index >= 15 is 0 Å². The molecular formula is C12H14BrFN2O3. The fraction of sp³-hybridized carbons (Fsp3) is 0.333. The van der Waals surface area contributed by atoms with E-state index in [0.717, 1.165) is 0 Å². The third-order valence-electron chi connectivity index (χ3n) is 2.57. The Bertz CT molecular complexity index is 496. The number of carboxylic acid groups (broad SMARTS) is 1. The SMILES string of the molecule is CNC(C(=O)O)C(=O)N(C)Cc1cc(Br)ccc1F. The summed E-state index contributed by atoms with van der Waals surface area (Å²) in [7, 11) is 2.81. The molecule has 5 nitrogen and oxygen atoms in total. The highest BCUT2D eigenvalue weighted by atomic mass is 79.9. The first-order valence-electron chi connectivity index (χ1n) is 5.45. The molecular weight excluding hydrogens is 319 g/mol. The Kier molecular flexibility index (Phi) is 5.44. The third-order valence-corrected chi connectivity index (χ3v) is 3.07. The summed E-state index contributed by atoms with van der Waals surface area (Å²) < 4.78 is 14.2. The standard InChI is InChI=1S/C12H14BrFN2O3/c1-15-10(12(18)19)11(17)16(2)6-7-5-8(13)3-4-9(7)14/h3-5,10,15H,6H2,1-2H3,(H,18,19). The Morgan fingerprint density at radius 1 is 1.53 bits per heavy atom. The van der Waals surface area contributed by atoms with Gasteiger partial charge in [-0.05, 0) is 25.2 Å². The van der Waals surface area contributed by atoms with E-state index in [1.807, 2.05) is 0 Å². The second-order valence-electron chi connectivity index (χ2n) is 3.99. The molecule has 1 atom stereocenters. The zero-order valence-corrected chi connectivity index (χ0v) is 12.1. The molecule has 1 aromatic carbocycles. The number of amides is 1. The zero-order chi connectivity index (χ0) is 14.6. The van der Waals surface area contributed by atoms with Crippen LogP contribution in [0.3, 0.4) is 0 Å². The third kappa shape index (κ3) is 4.00. The topological polar surface area (TPSA) is 69.6 Å². The second kappa shape index (κ2) is 6.63. The van der Waals surface area contributed by atoms with E-state index in [1.54, 1.807) is 12.1 Å². The minimum atomic E-state index is -1.33. The van der Waals surface area contributed by atoms with Crippen molar-refractivity contribution in [2.75, 3.05) is 14.1 Å². The van der Waals surface area contributed by atoms with Crippen molar-refractivity contribution in [3.05, 3.63) is 34.1 Å². The lowest BCUT2D eigenvalue weighted by atomic mass is 10.2. The average molecular weight is 333 g/mol. The molecule has 1 aromatic rings.